The van der Waals surface area contributed by atoms with Crippen LogP contribution in [0.15, 0.2) is 16.7 Å². The first-order valence-corrected chi connectivity index (χ1v) is 5.51. The van der Waals surface area contributed by atoms with Crippen molar-refractivity contribution in [2.75, 3.05) is 6.61 Å². The highest BCUT2D eigenvalue weighted by molar-refractivity contribution is 9.10. The number of pyridine rings is 1. The number of hydrogen-bond donors (Lipinski definition) is 0. The second-order valence-electron chi connectivity index (χ2n) is 3.14. The summed E-state index contributed by atoms with van der Waals surface area (Å²) in [5.74, 6) is -0.576. The summed E-state index contributed by atoms with van der Waals surface area (Å²) in [6, 6.07) is 0.834. The lowest BCUT2D eigenvalue weighted by Crippen LogP contribution is -2.12. The van der Waals surface area contributed by atoms with Gasteiger partial charge < -0.3 is 4.74 Å². The number of halogens is 4. The Morgan fingerprint density at radius 2 is 2.18 bits per heavy atom. The lowest BCUT2D eigenvalue weighted by atomic mass is 10.1. The minimum atomic E-state index is -4.52. The van der Waals surface area contributed by atoms with Gasteiger partial charge in [-0.15, -0.1) is 0 Å². The van der Waals surface area contributed by atoms with E-state index in [0.29, 0.717) is 4.47 Å². The van der Waals surface area contributed by atoms with Crippen LogP contribution in [0, 0.1) is 0 Å². The van der Waals surface area contributed by atoms with Crippen molar-refractivity contribution < 1.29 is 22.7 Å². The van der Waals surface area contributed by atoms with Crippen molar-refractivity contribution in [3.05, 3.63) is 28.0 Å². The predicted molar refractivity (Wildman–Crippen MR) is 57.3 cm³/mol. The molecule has 0 fully saturated rings. The van der Waals surface area contributed by atoms with E-state index in [1.54, 1.807) is 6.92 Å². The largest absolute Gasteiger partial charge is 0.466 e. The van der Waals surface area contributed by atoms with Gasteiger partial charge in [0.2, 0.25) is 0 Å². The summed E-state index contributed by atoms with van der Waals surface area (Å²) >= 11 is 3.04. The zero-order chi connectivity index (χ0) is 13.1. The van der Waals surface area contributed by atoms with E-state index in [-0.39, 0.29) is 18.6 Å². The zero-order valence-electron chi connectivity index (χ0n) is 8.84. The fourth-order valence-corrected chi connectivity index (χ4v) is 1.50. The van der Waals surface area contributed by atoms with Crippen molar-refractivity contribution >= 4 is 21.9 Å². The molecule has 94 valence electrons. The highest BCUT2D eigenvalue weighted by atomic mass is 79.9. The van der Waals surface area contributed by atoms with Crippen LogP contribution in [0.25, 0.3) is 0 Å². The van der Waals surface area contributed by atoms with Crippen molar-refractivity contribution in [1.29, 1.82) is 0 Å². The Morgan fingerprint density at radius 3 is 2.71 bits per heavy atom. The first-order chi connectivity index (χ1) is 7.84. The van der Waals surface area contributed by atoms with Crippen LogP contribution in [0.4, 0.5) is 13.2 Å². The number of rotatable bonds is 3. The van der Waals surface area contributed by atoms with Crippen LogP contribution >= 0.6 is 15.9 Å². The summed E-state index contributed by atoms with van der Waals surface area (Å²) in [6.45, 7) is 1.81. The minimum absolute atomic E-state index is 0.188. The maximum absolute atomic E-state index is 12.4. The lowest BCUT2D eigenvalue weighted by Gasteiger charge is -2.09. The van der Waals surface area contributed by atoms with E-state index in [1.807, 2.05) is 0 Å². The van der Waals surface area contributed by atoms with E-state index < -0.39 is 17.8 Å². The number of aromatic nitrogens is 1. The molecule has 1 heterocycles. The molecule has 3 nitrogen and oxygen atoms in total. The molecule has 0 aliphatic heterocycles. The van der Waals surface area contributed by atoms with Crippen molar-refractivity contribution in [3.8, 4) is 0 Å². The molecule has 0 aliphatic carbocycles. The molecular formula is C10H9BrF3NO2. The zero-order valence-corrected chi connectivity index (χ0v) is 10.4. The van der Waals surface area contributed by atoms with Crippen LogP contribution in [0.5, 0.6) is 0 Å². The molecule has 0 bridgehead atoms. The molecule has 1 aromatic rings. The Bertz CT molecular complexity index is 421. The van der Waals surface area contributed by atoms with Gasteiger partial charge >= 0.3 is 12.1 Å². The molecule has 0 unspecified atom stereocenters. The number of esters is 1. The fourth-order valence-electron chi connectivity index (χ4n) is 1.14. The summed E-state index contributed by atoms with van der Waals surface area (Å²) in [5.41, 5.74) is -0.828. The molecule has 0 spiro atoms. The molecule has 7 heteroatoms. The summed E-state index contributed by atoms with van der Waals surface area (Å²) in [5, 5.41) is 0. The van der Waals surface area contributed by atoms with Crippen LogP contribution in [0.3, 0.4) is 0 Å². The number of alkyl halides is 3. The molecule has 0 radical (unpaired) electrons. The second-order valence-corrected chi connectivity index (χ2v) is 3.99. The van der Waals surface area contributed by atoms with Gasteiger partial charge in [-0.3, -0.25) is 9.78 Å². The summed E-state index contributed by atoms with van der Waals surface area (Å²) < 4.78 is 42.2. The molecule has 17 heavy (non-hydrogen) atoms. The van der Waals surface area contributed by atoms with Crippen molar-refractivity contribution in [1.82, 2.24) is 4.98 Å². The smallest absolute Gasteiger partial charge is 0.433 e. The fraction of sp³-hybridized carbons (Fsp3) is 0.400. The molecular weight excluding hydrogens is 303 g/mol. The van der Waals surface area contributed by atoms with Crippen LogP contribution in [-0.4, -0.2) is 17.6 Å². The van der Waals surface area contributed by atoms with E-state index >= 15 is 0 Å². The molecule has 0 saturated heterocycles. The van der Waals surface area contributed by atoms with Gasteiger partial charge in [-0.05, 0) is 34.5 Å². The monoisotopic (exact) mass is 311 g/mol. The third-order valence-electron chi connectivity index (χ3n) is 1.87. The topological polar surface area (TPSA) is 39.2 Å². The van der Waals surface area contributed by atoms with Gasteiger partial charge in [-0.1, -0.05) is 0 Å². The third kappa shape index (κ3) is 3.99. The maximum Gasteiger partial charge on any atom is 0.433 e. The second kappa shape index (κ2) is 5.48. The molecule has 1 aromatic heterocycles. The van der Waals surface area contributed by atoms with E-state index in [0.717, 1.165) is 12.3 Å². The predicted octanol–water partition coefficient (Wildman–Crippen LogP) is 2.97. The Balaban J connectivity index is 2.95. The minimum Gasteiger partial charge on any atom is -0.466 e. The quantitative estimate of drug-likeness (QED) is 0.806. The Kier molecular flexibility index (Phi) is 4.50. The molecule has 0 amide bonds. The number of hydrogen-bond acceptors (Lipinski definition) is 3. The van der Waals surface area contributed by atoms with Crippen LogP contribution < -0.4 is 0 Å². The number of carbonyl (C=O) groups is 1. The number of ether oxygens (including phenoxy) is 1. The van der Waals surface area contributed by atoms with Gasteiger partial charge in [0.05, 0.1) is 13.0 Å². The molecule has 0 N–H and O–H groups in total. The van der Waals surface area contributed by atoms with Gasteiger partial charge in [0.1, 0.15) is 5.69 Å². The molecule has 1 rings (SSSR count). The van der Waals surface area contributed by atoms with Crippen LogP contribution in [0.2, 0.25) is 0 Å². The summed E-state index contributed by atoms with van der Waals surface area (Å²) in [6.07, 6.45) is -3.72. The Labute approximate surface area is 104 Å². The van der Waals surface area contributed by atoms with E-state index in [9.17, 15) is 18.0 Å². The Morgan fingerprint density at radius 1 is 1.53 bits per heavy atom. The van der Waals surface area contributed by atoms with Gasteiger partial charge in [0, 0.05) is 10.7 Å². The molecule has 0 aromatic carbocycles. The van der Waals surface area contributed by atoms with Crippen molar-refractivity contribution in [2.24, 2.45) is 0 Å². The molecule has 0 aliphatic rings. The molecule has 0 saturated carbocycles. The van der Waals surface area contributed by atoms with Gasteiger partial charge in [-0.25, -0.2) is 0 Å². The highest BCUT2D eigenvalue weighted by Gasteiger charge is 2.33. The van der Waals surface area contributed by atoms with Gasteiger partial charge in [-0.2, -0.15) is 13.2 Å². The SMILES string of the molecule is CCOC(=O)Cc1cc(C(F)(F)F)ncc1Br. The van der Waals surface area contributed by atoms with E-state index in [4.69, 9.17) is 0 Å². The highest BCUT2D eigenvalue weighted by Crippen LogP contribution is 2.30. The number of carbonyl (C=O) groups excluding carboxylic acids is 1. The van der Waals surface area contributed by atoms with Crippen molar-refractivity contribution in [2.45, 2.75) is 19.5 Å². The standard InChI is InChI=1S/C10H9BrF3NO2/c1-2-17-9(16)4-6-3-8(10(12,13)14)15-5-7(6)11/h3,5H,2,4H2,1H3. The van der Waals surface area contributed by atoms with Crippen LogP contribution in [-0.2, 0) is 22.1 Å². The van der Waals surface area contributed by atoms with Gasteiger partial charge in [0.15, 0.2) is 0 Å². The van der Waals surface area contributed by atoms with Crippen LogP contribution in [0.1, 0.15) is 18.2 Å². The normalized spacial score (nSPS) is 11.4. The van der Waals surface area contributed by atoms with Gasteiger partial charge in [0.25, 0.3) is 0 Å². The van der Waals surface area contributed by atoms with Crippen molar-refractivity contribution in [3.63, 3.8) is 0 Å². The van der Waals surface area contributed by atoms with E-state index in [2.05, 4.69) is 25.7 Å². The third-order valence-corrected chi connectivity index (χ3v) is 2.58. The molecule has 0 atom stereocenters. The average Bonchev–Trinajstić information content (AvgIpc) is 2.20. The summed E-state index contributed by atoms with van der Waals surface area (Å²) in [7, 11) is 0. The first kappa shape index (κ1) is 14.0. The van der Waals surface area contributed by atoms with E-state index in [1.165, 1.54) is 0 Å². The average molecular weight is 312 g/mol. The summed E-state index contributed by atoms with van der Waals surface area (Å²) in [4.78, 5) is 14.4. The Hall–Kier alpha value is -1.11. The lowest BCUT2D eigenvalue weighted by molar-refractivity contribution is -0.143. The first-order valence-electron chi connectivity index (χ1n) is 4.71. The number of nitrogens with zero attached hydrogens (tertiary/aromatic N) is 1. The maximum atomic E-state index is 12.4.